The molecule has 1 aromatic heterocycles. The third-order valence-electron chi connectivity index (χ3n) is 7.48. The first-order chi connectivity index (χ1) is 16.4. The third-order valence-corrected chi connectivity index (χ3v) is 7.48. The molecule has 2 aliphatic carbocycles. The standard InChI is InChI=1S/C26H34FN5O2/c1-16-3-6-19(21(27)11-16)20(14-28-13-18-4-5-18)26(34)32-9-7-31(8-10-32)25-23-17(2)12-22(33)24(23)29-15-30-25/h3,6,11,15,17-18,20,22,28,33H,4-5,7-10,12-14H2,1-2H3/t17-,20-,22-/m1/s1. The lowest BCUT2D eigenvalue weighted by molar-refractivity contribution is -0.133. The number of benzene rings is 1. The van der Waals surface area contributed by atoms with Crippen LogP contribution in [-0.2, 0) is 4.79 Å². The van der Waals surface area contributed by atoms with Gasteiger partial charge in [-0.15, -0.1) is 0 Å². The van der Waals surface area contributed by atoms with Crippen LogP contribution in [0.3, 0.4) is 0 Å². The summed E-state index contributed by atoms with van der Waals surface area (Å²) in [4.78, 5) is 26.5. The zero-order valence-electron chi connectivity index (χ0n) is 20.0. The van der Waals surface area contributed by atoms with Crippen molar-refractivity contribution in [1.29, 1.82) is 0 Å². The van der Waals surface area contributed by atoms with Crippen LogP contribution in [-0.4, -0.2) is 65.2 Å². The van der Waals surface area contributed by atoms with E-state index in [2.05, 4.69) is 27.1 Å². The number of piperazine rings is 1. The molecule has 8 heteroatoms. The molecule has 2 heterocycles. The van der Waals surface area contributed by atoms with Gasteiger partial charge in [0.15, 0.2) is 0 Å². The van der Waals surface area contributed by atoms with Crippen molar-refractivity contribution in [3.63, 3.8) is 0 Å². The van der Waals surface area contributed by atoms with Gasteiger partial charge >= 0.3 is 0 Å². The zero-order chi connectivity index (χ0) is 23.8. The third kappa shape index (κ3) is 4.66. The maximum atomic E-state index is 14.9. The number of carbonyl (C=O) groups excluding carboxylic acids is 1. The summed E-state index contributed by atoms with van der Waals surface area (Å²) in [5, 5.41) is 13.7. The fraction of sp³-hybridized carbons (Fsp3) is 0.577. The highest BCUT2D eigenvalue weighted by Gasteiger charge is 2.35. The molecule has 5 rings (SSSR count). The number of amides is 1. The molecule has 1 saturated carbocycles. The number of hydrogen-bond donors (Lipinski definition) is 2. The molecule has 7 nitrogen and oxygen atoms in total. The van der Waals surface area contributed by atoms with Crippen LogP contribution in [0.2, 0.25) is 0 Å². The summed E-state index contributed by atoms with van der Waals surface area (Å²) in [6.07, 6.45) is 4.11. The quantitative estimate of drug-likeness (QED) is 0.652. The summed E-state index contributed by atoms with van der Waals surface area (Å²) < 4.78 is 14.9. The van der Waals surface area contributed by atoms with Gasteiger partial charge < -0.3 is 20.2 Å². The van der Waals surface area contributed by atoms with E-state index in [1.54, 1.807) is 6.07 Å². The lowest BCUT2D eigenvalue weighted by Gasteiger charge is -2.38. The zero-order valence-corrected chi connectivity index (χ0v) is 20.0. The summed E-state index contributed by atoms with van der Waals surface area (Å²) >= 11 is 0. The number of fused-ring (bicyclic) bond motifs is 1. The predicted molar refractivity (Wildman–Crippen MR) is 128 cm³/mol. The first kappa shape index (κ1) is 23.2. The molecule has 2 aromatic rings. The molecule has 0 radical (unpaired) electrons. The highest BCUT2D eigenvalue weighted by Crippen LogP contribution is 2.42. The molecule has 1 saturated heterocycles. The summed E-state index contributed by atoms with van der Waals surface area (Å²) in [6, 6.07) is 5.15. The van der Waals surface area contributed by atoms with Gasteiger partial charge in [0, 0.05) is 43.9 Å². The monoisotopic (exact) mass is 467 g/mol. The second kappa shape index (κ2) is 9.58. The normalized spacial score (nSPS) is 23.2. The Balaban J connectivity index is 1.29. The maximum absolute atomic E-state index is 14.9. The molecule has 0 bridgehead atoms. The van der Waals surface area contributed by atoms with Gasteiger partial charge in [0.25, 0.3) is 0 Å². The molecule has 2 N–H and O–H groups in total. The van der Waals surface area contributed by atoms with Crippen LogP contribution in [0.25, 0.3) is 0 Å². The number of halogens is 1. The molecule has 2 fully saturated rings. The average molecular weight is 468 g/mol. The molecule has 182 valence electrons. The Morgan fingerprint density at radius 3 is 2.71 bits per heavy atom. The molecule has 0 unspecified atom stereocenters. The number of anilines is 1. The van der Waals surface area contributed by atoms with E-state index in [-0.39, 0.29) is 17.6 Å². The average Bonchev–Trinajstić information content (AvgIpc) is 3.61. The molecule has 3 aliphatic rings. The number of aliphatic hydroxyl groups excluding tert-OH is 1. The van der Waals surface area contributed by atoms with Crippen LogP contribution in [0.15, 0.2) is 24.5 Å². The molecule has 34 heavy (non-hydrogen) atoms. The van der Waals surface area contributed by atoms with Crippen LogP contribution in [0.1, 0.15) is 66.5 Å². The van der Waals surface area contributed by atoms with Gasteiger partial charge in [-0.25, -0.2) is 14.4 Å². The highest BCUT2D eigenvalue weighted by molar-refractivity contribution is 5.84. The van der Waals surface area contributed by atoms with E-state index in [9.17, 15) is 14.3 Å². The number of hydrogen-bond acceptors (Lipinski definition) is 6. The number of nitrogens with one attached hydrogen (secondary N) is 1. The van der Waals surface area contributed by atoms with Gasteiger partial charge in [-0.3, -0.25) is 4.79 Å². The summed E-state index contributed by atoms with van der Waals surface area (Å²) in [7, 11) is 0. The van der Waals surface area contributed by atoms with Gasteiger partial charge in [0.05, 0.1) is 17.7 Å². The fourth-order valence-electron chi connectivity index (χ4n) is 5.31. The summed E-state index contributed by atoms with van der Waals surface area (Å²) in [6.45, 7) is 7.70. The number of rotatable bonds is 7. The molecular weight excluding hydrogens is 433 g/mol. The van der Waals surface area contributed by atoms with Crippen molar-refractivity contribution in [2.45, 2.75) is 51.0 Å². The van der Waals surface area contributed by atoms with Crippen molar-refractivity contribution in [1.82, 2.24) is 20.2 Å². The minimum Gasteiger partial charge on any atom is -0.387 e. The second-order valence-electron chi connectivity index (χ2n) is 10.1. The number of nitrogens with zero attached hydrogens (tertiary/aromatic N) is 4. The van der Waals surface area contributed by atoms with E-state index in [0.717, 1.165) is 29.2 Å². The first-order valence-electron chi connectivity index (χ1n) is 12.5. The smallest absolute Gasteiger partial charge is 0.231 e. The molecule has 1 aliphatic heterocycles. The topological polar surface area (TPSA) is 81.6 Å². The van der Waals surface area contributed by atoms with Crippen LogP contribution in [0.5, 0.6) is 0 Å². The van der Waals surface area contributed by atoms with Crippen molar-refractivity contribution < 1.29 is 14.3 Å². The van der Waals surface area contributed by atoms with E-state index in [0.29, 0.717) is 50.6 Å². The molecule has 1 amide bonds. The number of aromatic nitrogens is 2. The van der Waals surface area contributed by atoms with Crippen LogP contribution in [0, 0.1) is 18.7 Å². The molecule has 1 aromatic carbocycles. The van der Waals surface area contributed by atoms with Gasteiger partial charge in [-0.2, -0.15) is 0 Å². The molecular formula is C26H34FN5O2. The predicted octanol–water partition coefficient (Wildman–Crippen LogP) is 2.90. The highest BCUT2D eigenvalue weighted by atomic mass is 19.1. The number of aryl methyl sites for hydroxylation is 1. The first-order valence-corrected chi connectivity index (χ1v) is 12.5. The molecule has 0 spiro atoms. The van der Waals surface area contributed by atoms with Crippen LogP contribution < -0.4 is 10.2 Å². The Labute approximate surface area is 200 Å². The Morgan fingerprint density at radius 2 is 2.00 bits per heavy atom. The minimum atomic E-state index is -0.539. The summed E-state index contributed by atoms with van der Waals surface area (Å²) in [5.74, 6) is 0.888. The van der Waals surface area contributed by atoms with E-state index in [4.69, 9.17) is 0 Å². The van der Waals surface area contributed by atoms with E-state index in [1.165, 1.54) is 25.2 Å². The minimum absolute atomic E-state index is 0.0255. The fourth-order valence-corrected chi connectivity index (χ4v) is 5.31. The lowest BCUT2D eigenvalue weighted by Crippen LogP contribution is -2.51. The Bertz CT molecular complexity index is 1050. The van der Waals surface area contributed by atoms with Crippen molar-refractivity contribution in [2.24, 2.45) is 5.92 Å². The van der Waals surface area contributed by atoms with E-state index in [1.807, 2.05) is 17.9 Å². The van der Waals surface area contributed by atoms with Crippen LogP contribution in [0.4, 0.5) is 10.2 Å². The van der Waals surface area contributed by atoms with Gasteiger partial charge in [0.1, 0.15) is 18.0 Å². The SMILES string of the molecule is Cc1ccc([C@@H](CNCC2CC2)C(=O)N2CCN(c3ncnc4c3[C@H](C)C[C@H]4O)CC2)c(F)c1. The largest absolute Gasteiger partial charge is 0.387 e. The van der Waals surface area contributed by atoms with Crippen molar-refractivity contribution in [3.05, 3.63) is 52.7 Å². The maximum Gasteiger partial charge on any atom is 0.231 e. The van der Waals surface area contributed by atoms with Crippen LogP contribution >= 0.6 is 0 Å². The Morgan fingerprint density at radius 1 is 1.24 bits per heavy atom. The van der Waals surface area contributed by atoms with E-state index < -0.39 is 12.0 Å². The number of aliphatic hydroxyl groups is 1. The van der Waals surface area contributed by atoms with Crippen molar-refractivity contribution in [2.75, 3.05) is 44.2 Å². The van der Waals surface area contributed by atoms with Gasteiger partial charge in [0.2, 0.25) is 5.91 Å². The Kier molecular flexibility index (Phi) is 6.53. The van der Waals surface area contributed by atoms with Crippen molar-refractivity contribution >= 4 is 11.7 Å². The van der Waals surface area contributed by atoms with Gasteiger partial charge in [-0.05, 0) is 56.2 Å². The number of carbonyl (C=O) groups is 1. The van der Waals surface area contributed by atoms with Crippen molar-refractivity contribution in [3.8, 4) is 0 Å². The van der Waals surface area contributed by atoms with Gasteiger partial charge in [-0.1, -0.05) is 19.1 Å². The Hall–Kier alpha value is -2.58. The second-order valence-corrected chi connectivity index (χ2v) is 10.1. The lowest BCUT2D eigenvalue weighted by atomic mass is 9.95. The van der Waals surface area contributed by atoms with E-state index >= 15 is 0 Å². The molecule has 3 atom stereocenters. The summed E-state index contributed by atoms with van der Waals surface area (Å²) in [5.41, 5.74) is 3.08.